The van der Waals surface area contributed by atoms with Crippen LogP contribution in [0, 0.1) is 0 Å². The highest BCUT2D eigenvalue weighted by Crippen LogP contribution is 2.14. The van der Waals surface area contributed by atoms with Gasteiger partial charge in [-0.1, -0.05) is 117 Å². The van der Waals surface area contributed by atoms with Gasteiger partial charge in [0, 0.05) is 6.04 Å². The highest BCUT2D eigenvalue weighted by molar-refractivity contribution is 4.63. The molecule has 0 aliphatic rings. The van der Waals surface area contributed by atoms with Gasteiger partial charge in [0.2, 0.25) is 0 Å². The Morgan fingerprint density at radius 3 is 1.26 bits per heavy atom. The van der Waals surface area contributed by atoms with Gasteiger partial charge in [-0.25, -0.2) is 0 Å². The van der Waals surface area contributed by atoms with E-state index in [0.717, 1.165) is 12.6 Å². The number of rotatable bonds is 19. The molecule has 0 spiro atoms. The van der Waals surface area contributed by atoms with E-state index in [-0.39, 0.29) is 0 Å². The van der Waals surface area contributed by atoms with Crippen molar-refractivity contribution in [2.45, 2.75) is 136 Å². The average Bonchev–Trinajstić information content (AvgIpc) is 2.57. The zero-order chi connectivity index (χ0) is 17.0. The van der Waals surface area contributed by atoms with E-state index in [2.05, 4.69) is 26.1 Å². The number of unbranched alkanes of at least 4 members (excludes halogenated alkanes) is 14. The molecule has 0 saturated heterocycles. The summed E-state index contributed by atoms with van der Waals surface area (Å²) < 4.78 is 0. The van der Waals surface area contributed by atoms with Crippen LogP contribution in [-0.4, -0.2) is 12.6 Å². The maximum absolute atomic E-state index is 3.58. The maximum Gasteiger partial charge on any atom is 0.00643 e. The Kier molecular flexibility index (Phi) is 20.0. The standard InChI is InChI=1S/C22H47N/c1-4-7-8-9-10-11-12-13-14-15-16-17-18-19-20-21-22(5-2)23-6-3/h22-23H,4-21H2,1-3H3. The summed E-state index contributed by atoms with van der Waals surface area (Å²) in [6.07, 6.45) is 24.5. The van der Waals surface area contributed by atoms with E-state index in [1.165, 1.54) is 109 Å². The molecule has 1 atom stereocenters. The van der Waals surface area contributed by atoms with Gasteiger partial charge in [0.15, 0.2) is 0 Å². The second kappa shape index (κ2) is 20.0. The molecule has 1 heteroatoms. The normalized spacial score (nSPS) is 12.7. The summed E-state index contributed by atoms with van der Waals surface area (Å²) in [7, 11) is 0. The molecular weight excluding hydrogens is 278 g/mol. The molecule has 1 unspecified atom stereocenters. The molecule has 0 aliphatic heterocycles. The van der Waals surface area contributed by atoms with Gasteiger partial charge >= 0.3 is 0 Å². The van der Waals surface area contributed by atoms with Crippen LogP contribution < -0.4 is 5.32 Å². The van der Waals surface area contributed by atoms with Crippen molar-refractivity contribution in [2.75, 3.05) is 6.54 Å². The molecule has 0 radical (unpaired) electrons. The third kappa shape index (κ3) is 18.1. The lowest BCUT2D eigenvalue weighted by atomic mass is 10.0. The molecule has 0 saturated carbocycles. The molecule has 140 valence electrons. The molecule has 0 bridgehead atoms. The molecule has 0 aromatic heterocycles. The van der Waals surface area contributed by atoms with Gasteiger partial charge in [0.25, 0.3) is 0 Å². The predicted molar refractivity (Wildman–Crippen MR) is 107 cm³/mol. The summed E-state index contributed by atoms with van der Waals surface area (Å²) in [6, 6.07) is 0.766. The second-order valence-electron chi connectivity index (χ2n) is 7.40. The Hall–Kier alpha value is -0.0400. The van der Waals surface area contributed by atoms with Crippen LogP contribution in [0.15, 0.2) is 0 Å². The van der Waals surface area contributed by atoms with Crippen molar-refractivity contribution in [3.8, 4) is 0 Å². The largest absolute Gasteiger partial charge is 0.314 e. The van der Waals surface area contributed by atoms with E-state index in [9.17, 15) is 0 Å². The fraction of sp³-hybridized carbons (Fsp3) is 1.00. The lowest BCUT2D eigenvalue weighted by molar-refractivity contribution is 0.450. The van der Waals surface area contributed by atoms with E-state index in [1.807, 2.05) is 0 Å². The first-order valence-corrected chi connectivity index (χ1v) is 11.1. The maximum atomic E-state index is 3.58. The third-order valence-corrected chi connectivity index (χ3v) is 5.14. The fourth-order valence-corrected chi connectivity index (χ4v) is 3.50. The summed E-state index contributed by atoms with van der Waals surface area (Å²) in [5.74, 6) is 0. The van der Waals surface area contributed by atoms with Gasteiger partial charge in [-0.2, -0.15) is 0 Å². The lowest BCUT2D eigenvalue weighted by Crippen LogP contribution is -2.27. The Morgan fingerprint density at radius 1 is 0.522 bits per heavy atom. The van der Waals surface area contributed by atoms with E-state index in [1.54, 1.807) is 0 Å². The van der Waals surface area contributed by atoms with Crippen LogP contribution in [0.5, 0.6) is 0 Å². The van der Waals surface area contributed by atoms with E-state index >= 15 is 0 Å². The van der Waals surface area contributed by atoms with E-state index in [4.69, 9.17) is 0 Å². The molecule has 0 aliphatic carbocycles. The predicted octanol–water partition coefficient (Wildman–Crippen LogP) is 7.64. The van der Waals surface area contributed by atoms with Crippen LogP contribution in [0.2, 0.25) is 0 Å². The van der Waals surface area contributed by atoms with Gasteiger partial charge < -0.3 is 5.32 Å². The molecule has 0 amide bonds. The molecule has 1 nitrogen and oxygen atoms in total. The first kappa shape index (κ1) is 23.0. The quantitative estimate of drug-likeness (QED) is 0.241. The number of nitrogens with one attached hydrogen (secondary N) is 1. The van der Waals surface area contributed by atoms with Crippen molar-refractivity contribution in [3.63, 3.8) is 0 Å². The van der Waals surface area contributed by atoms with Crippen molar-refractivity contribution in [3.05, 3.63) is 0 Å². The van der Waals surface area contributed by atoms with Crippen molar-refractivity contribution < 1.29 is 0 Å². The Balaban J connectivity index is 3.07. The van der Waals surface area contributed by atoms with Crippen LogP contribution in [-0.2, 0) is 0 Å². The molecule has 0 aromatic rings. The monoisotopic (exact) mass is 325 g/mol. The molecule has 0 heterocycles. The van der Waals surface area contributed by atoms with Crippen LogP contribution in [0.1, 0.15) is 130 Å². The summed E-state index contributed by atoms with van der Waals surface area (Å²) in [6.45, 7) is 7.94. The zero-order valence-corrected chi connectivity index (χ0v) is 16.8. The molecule has 1 N–H and O–H groups in total. The fourth-order valence-electron chi connectivity index (χ4n) is 3.50. The van der Waals surface area contributed by atoms with Crippen LogP contribution >= 0.6 is 0 Å². The van der Waals surface area contributed by atoms with Crippen molar-refractivity contribution in [1.82, 2.24) is 5.32 Å². The van der Waals surface area contributed by atoms with Crippen molar-refractivity contribution >= 4 is 0 Å². The summed E-state index contributed by atoms with van der Waals surface area (Å²) in [5.41, 5.74) is 0. The summed E-state index contributed by atoms with van der Waals surface area (Å²) in [4.78, 5) is 0. The van der Waals surface area contributed by atoms with Crippen LogP contribution in [0.3, 0.4) is 0 Å². The van der Waals surface area contributed by atoms with Crippen molar-refractivity contribution in [2.24, 2.45) is 0 Å². The smallest absolute Gasteiger partial charge is 0.00643 e. The highest BCUT2D eigenvalue weighted by Gasteiger charge is 2.03. The van der Waals surface area contributed by atoms with Crippen LogP contribution in [0.25, 0.3) is 0 Å². The lowest BCUT2D eigenvalue weighted by Gasteiger charge is -2.15. The number of hydrogen-bond acceptors (Lipinski definition) is 1. The SMILES string of the molecule is CCCCCCCCCCCCCCCCCC(CC)NCC. The Bertz CT molecular complexity index is 202. The first-order chi connectivity index (χ1) is 11.3. The minimum absolute atomic E-state index is 0.766. The molecule has 0 rings (SSSR count). The third-order valence-electron chi connectivity index (χ3n) is 5.14. The molecule has 23 heavy (non-hydrogen) atoms. The van der Waals surface area contributed by atoms with E-state index in [0.29, 0.717) is 0 Å². The minimum Gasteiger partial charge on any atom is -0.314 e. The molecule has 0 fully saturated rings. The topological polar surface area (TPSA) is 12.0 Å². The van der Waals surface area contributed by atoms with Gasteiger partial charge in [-0.05, 0) is 19.4 Å². The van der Waals surface area contributed by atoms with Gasteiger partial charge in [-0.3, -0.25) is 0 Å². The highest BCUT2D eigenvalue weighted by atomic mass is 14.9. The van der Waals surface area contributed by atoms with Gasteiger partial charge in [0.05, 0.1) is 0 Å². The first-order valence-electron chi connectivity index (χ1n) is 11.1. The van der Waals surface area contributed by atoms with Crippen LogP contribution in [0.4, 0.5) is 0 Å². The molecule has 0 aromatic carbocycles. The zero-order valence-electron chi connectivity index (χ0n) is 16.8. The van der Waals surface area contributed by atoms with Gasteiger partial charge in [0.1, 0.15) is 0 Å². The van der Waals surface area contributed by atoms with Crippen molar-refractivity contribution in [1.29, 1.82) is 0 Å². The average molecular weight is 326 g/mol. The van der Waals surface area contributed by atoms with Gasteiger partial charge in [-0.15, -0.1) is 0 Å². The summed E-state index contributed by atoms with van der Waals surface area (Å²) in [5, 5.41) is 3.58. The van der Waals surface area contributed by atoms with E-state index < -0.39 is 0 Å². The molecular formula is C22H47N. The Labute approximate surface area is 148 Å². The second-order valence-corrected chi connectivity index (χ2v) is 7.40. The summed E-state index contributed by atoms with van der Waals surface area (Å²) >= 11 is 0. The minimum atomic E-state index is 0.766. The number of hydrogen-bond donors (Lipinski definition) is 1. The Morgan fingerprint density at radius 2 is 0.913 bits per heavy atom.